The van der Waals surface area contributed by atoms with Crippen LogP contribution < -0.4 is 15.4 Å². The third kappa shape index (κ3) is 2.36. The van der Waals surface area contributed by atoms with E-state index in [0.717, 1.165) is 11.4 Å². The van der Waals surface area contributed by atoms with Gasteiger partial charge < -0.3 is 15.4 Å². The first-order valence-electron chi connectivity index (χ1n) is 5.88. The normalized spacial score (nSPS) is 19.5. The lowest BCUT2D eigenvalue weighted by Gasteiger charge is -2.43. The summed E-state index contributed by atoms with van der Waals surface area (Å²) in [6, 6.07) is 4.78. The topological polar surface area (TPSA) is 38.5 Å². The smallest absolute Gasteiger partial charge is 0.143 e. The zero-order valence-corrected chi connectivity index (χ0v) is 10.5. The van der Waals surface area contributed by atoms with Crippen LogP contribution in [0.1, 0.15) is 20.8 Å². The minimum absolute atomic E-state index is 0.165. The van der Waals surface area contributed by atoms with Gasteiger partial charge in [0, 0.05) is 18.7 Å². The van der Waals surface area contributed by atoms with Crippen LogP contribution in [0.2, 0.25) is 0 Å². The van der Waals surface area contributed by atoms with Crippen LogP contribution in [0.4, 0.5) is 10.1 Å². The summed E-state index contributed by atoms with van der Waals surface area (Å²) in [5.74, 6) is 0.476. The van der Waals surface area contributed by atoms with E-state index >= 15 is 0 Å². The first kappa shape index (κ1) is 12.2. The van der Waals surface area contributed by atoms with E-state index in [9.17, 15) is 4.39 Å². The van der Waals surface area contributed by atoms with Crippen molar-refractivity contribution in [1.82, 2.24) is 0 Å². The summed E-state index contributed by atoms with van der Waals surface area (Å²) in [5, 5.41) is 0. The molecule has 1 unspecified atom stereocenters. The van der Waals surface area contributed by atoms with Crippen molar-refractivity contribution in [3.8, 4) is 5.75 Å². The van der Waals surface area contributed by atoms with Gasteiger partial charge in [0.1, 0.15) is 17.2 Å². The maximum Gasteiger partial charge on any atom is 0.143 e. The molecule has 4 heteroatoms. The van der Waals surface area contributed by atoms with Gasteiger partial charge in [-0.05, 0) is 32.9 Å². The summed E-state index contributed by atoms with van der Waals surface area (Å²) in [6.45, 7) is 7.33. The highest BCUT2D eigenvalue weighted by molar-refractivity contribution is 5.61. The van der Waals surface area contributed by atoms with E-state index in [-0.39, 0.29) is 17.5 Å². The molecular weight excluding hydrogens is 219 g/mol. The highest BCUT2D eigenvalue weighted by atomic mass is 19.1. The number of benzene rings is 1. The molecule has 0 saturated carbocycles. The van der Waals surface area contributed by atoms with Crippen molar-refractivity contribution >= 4 is 5.69 Å². The van der Waals surface area contributed by atoms with Crippen molar-refractivity contribution in [3.63, 3.8) is 0 Å². The number of ether oxygens (including phenoxy) is 1. The third-order valence-corrected chi connectivity index (χ3v) is 3.04. The Kier molecular flexibility index (Phi) is 3.00. The lowest BCUT2D eigenvalue weighted by Crippen LogP contribution is -2.52. The molecule has 0 fully saturated rings. The summed E-state index contributed by atoms with van der Waals surface area (Å²) in [6.07, 6.45) is 0. The number of halogens is 1. The fourth-order valence-electron chi connectivity index (χ4n) is 2.15. The van der Waals surface area contributed by atoms with Gasteiger partial charge in [-0.1, -0.05) is 0 Å². The zero-order valence-electron chi connectivity index (χ0n) is 10.5. The van der Waals surface area contributed by atoms with Crippen LogP contribution in [-0.4, -0.2) is 24.7 Å². The molecule has 1 aromatic carbocycles. The number of hydrogen-bond acceptors (Lipinski definition) is 3. The summed E-state index contributed by atoms with van der Waals surface area (Å²) in [7, 11) is 0. The van der Waals surface area contributed by atoms with Crippen LogP contribution in [0, 0.1) is 5.82 Å². The fraction of sp³-hybridized carbons (Fsp3) is 0.538. The molecule has 1 atom stereocenters. The number of nitrogens with two attached hydrogens (primary N) is 1. The molecule has 17 heavy (non-hydrogen) atoms. The van der Waals surface area contributed by atoms with Crippen molar-refractivity contribution < 1.29 is 9.13 Å². The molecule has 3 nitrogen and oxygen atoms in total. The number of fused-ring (bicyclic) bond motifs is 1. The van der Waals surface area contributed by atoms with Gasteiger partial charge in [-0.3, -0.25) is 0 Å². The number of nitrogens with zero attached hydrogens (tertiary/aromatic N) is 1. The van der Waals surface area contributed by atoms with Crippen LogP contribution in [0.3, 0.4) is 0 Å². The van der Waals surface area contributed by atoms with E-state index in [1.165, 1.54) is 12.1 Å². The van der Waals surface area contributed by atoms with E-state index in [1.807, 2.05) is 20.8 Å². The third-order valence-electron chi connectivity index (χ3n) is 3.04. The second kappa shape index (κ2) is 4.18. The zero-order chi connectivity index (χ0) is 12.6. The maximum atomic E-state index is 13.3. The monoisotopic (exact) mass is 238 g/mol. The van der Waals surface area contributed by atoms with Gasteiger partial charge in [-0.2, -0.15) is 0 Å². The second-order valence-corrected chi connectivity index (χ2v) is 5.19. The molecule has 1 aliphatic heterocycles. The Balaban J connectivity index is 2.44. The Hall–Kier alpha value is -1.29. The van der Waals surface area contributed by atoms with Crippen LogP contribution in [0.5, 0.6) is 5.75 Å². The molecule has 2 rings (SSSR count). The predicted octanol–water partition coefficient (Wildman–Crippen LogP) is 2.15. The predicted molar refractivity (Wildman–Crippen MR) is 67.0 cm³/mol. The van der Waals surface area contributed by atoms with E-state index < -0.39 is 0 Å². The first-order valence-corrected chi connectivity index (χ1v) is 5.88. The fourth-order valence-corrected chi connectivity index (χ4v) is 2.15. The molecule has 2 N–H and O–H groups in total. The second-order valence-electron chi connectivity index (χ2n) is 5.19. The molecule has 0 aliphatic carbocycles. The van der Waals surface area contributed by atoms with Crippen LogP contribution in [0.25, 0.3) is 0 Å². The SMILES string of the molecule is CC(CN)N1CC(C)(C)Oc2ccc(F)cc21. The highest BCUT2D eigenvalue weighted by Gasteiger charge is 2.33. The number of hydrogen-bond donors (Lipinski definition) is 1. The molecule has 1 heterocycles. The van der Waals surface area contributed by atoms with E-state index in [2.05, 4.69) is 4.90 Å². The van der Waals surface area contributed by atoms with Gasteiger partial charge >= 0.3 is 0 Å². The molecule has 1 aliphatic rings. The lowest BCUT2D eigenvalue weighted by molar-refractivity contribution is 0.102. The molecule has 0 radical (unpaired) electrons. The first-order chi connectivity index (χ1) is 7.93. The summed E-state index contributed by atoms with van der Waals surface area (Å²) in [4.78, 5) is 2.11. The van der Waals surface area contributed by atoms with Crippen LogP contribution in [0.15, 0.2) is 18.2 Å². The molecule has 0 bridgehead atoms. The molecule has 0 saturated heterocycles. The van der Waals surface area contributed by atoms with E-state index in [1.54, 1.807) is 6.07 Å². The molecule has 0 amide bonds. The largest absolute Gasteiger partial charge is 0.484 e. The summed E-state index contributed by atoms with van der Waals surface area (Å²) in [5.41, 5.74) is 6.22. The van der Waals surface area contributed by atoms with Gasteiger partial charge in [0.15, 0.2) is 0 Å². The Bertz CT molecular complexity index is 420. The Morgan fingerprint density at radius 1 is 1.53 bits per heavy atom. The average Bonchev–Trinajstić information content (AvgIpc) is 2.27. The van der Waals surface area contributed by atoms with Crippen molar-refractivity contribution in [1.29, 1.82) is 0 Å². The Morgan fingerprint density at radius 2 is 2.24 bits per heavy atom. The molecular formula is C13H19FN2O. The molecule has 94 valence electrons. The average molecular weight is 238 g/mol. The molecule has 0 aromatic heterocycles. The maximum absolute atomic E-state index is 13.3. The Labute approximate surface area is 101 Å². The van der Waals surface area contributed by atoms with Gasteiger partial charge in [-0.15, -0.1) is 0 Å². The minimum atomic E-state index is -0.283. The number of rotatable bonds is 2. The van der Waals surface area contributed by atoms with Crippen molar-refractivity contribution in [2.45, 2.75) is 32.4 Å². The standard InChI is InChI=1S/C13H19FN2O/c1-9(7-15)16-8-13(2,3)17-12-5-4-10(14)6-11(12)16/h4-6,9H,7-8,15H2,1-3H3. The van der Waals surface area contributed by atoms with Gasteiger partial charge in [0.2, 0.25) is 0 Å². The van der Waals surface area contributed by atoms with E-state index in [4.69, 9.17) is 10.5 Å². The van der Waals surface area contributed by atoms with Crippen molar-refractivity contribution in [2.75, 3.05) is 18.0 Å². The lowest BCUT2D eigenvalue weighted by atomic mass is 10.0. The van der Waals surface area contributed by atoms with Crippen LogP contribution in [-0.2, 0) is 0 Å². The highest BCUT2D eigenvalue weighted by Crippen LogP contribution is 2.38. The van der Waals surface area contributed by atoms with Gasteiger partial charge in [0.25, 0.3) is 0 Å². The van der Waals surface area contributed by atoms with Crippen molar-refractivity contribution in [2.24, 2.45) is 5.73 Å². The van der Waals surface area contributed by atoms with E-state index in [0.29, 0.717) is 13.1 Å². The number of anilines is 1. The van der Waals surface area contributed by atoms with Gasteiger partial charge in [-0.25, -0.2) is 4.39 Å². The van der Waals surface area contributed by atoms with Crippen LogP contribution >= 0.6 is 0 Å². The molecule has 0 spiro atoms. The molecule has 1 aromatic rings. The Morgan fingerprint density at radius 3 is 2.88 bits per heavy atom. The minimum Gasteiger partial charge on any atom is -0.484 e. The van der Waals surface area contributed by atoms with Gasteiger partial charge in [0.05, 0.1) is 12.2 Å². The van der Waals surface area contributed by atoms with Crippen molar-refractivity contribution in [3.05, 3.63) is 24.0 Å². The quantitative estimate of drug-likeness (QED) is 0.858. The summed E-state index contributed by atoms with van der Waals surface area (Å²) < 4.78 is 19.2. The summed E-state index contributed by atoms with van der Waals surface area (Å²) >= 11 is 0.